The summed E-state index contributed by atoms with van der Waals surface area (Å²) in [4.78, 5) is 0. The first-order chi connectivity index (χ1) is 7.36. The van der Waals surface area contributed by atoms with Crippen LogP contribution in [0.2, 0.25) is 0 Å². The summed E-state index contributed by atoms with van der Waals surface area (Å²) >= 11 is 5.62. The highest BCUT2D eigenvalue weighted by molar-refractivity contribution is 6.17. The molecule has 0 saturated heterocycles. The van der Waals surface area contributed by atoms with Crippen molar-refractivity contribution in [2.75, 3.05) is 12.5 Å². The van der Waals surface area contributed by atoms with Gasteiger partial charge in [-0.2, -0.15) is 0 Å². The van der Waals surface area contributed by atoms with Gasteiger partial charge in [0.15, 0.2) is 0 Å². The van der Waals surface area contributed by atoms with E-state index in [-0.39, 0.29) is 0 Å². The molecule has 0 aliphatic heterocycles. The minimum Gasteiger partial charge on any atom is -0.500 e. The third kappa shape index (κ3) is 1.80. The van der Waals surface area contributed by atoms with Crippen LogP contribution in [0.5, 0.6) is 0 Å². The number of alkyl halides is 1. The van der Waals surface area contributed by atoms with E-state index in [1.807, 2.05) is 0 Å². The molecular formula is C13H19ClO. The van der Waals surface area contributed by atoms with Crippen LogP contribution in [0.25, 0.3) is 0 Å². The van der Waals surface area contributed by atoms with Crippen molar-refractivity contribution in [1.29, 1.82) is 0 Å². The van der Waals surface area contributed by atoms with Crippen LogP contribution in [0.15, 0.2) is 11.8 Å². The van der Waals surface area contributed by atoms with E-state index in [0.717, 1.165) is 23.7 Å². The molecule has 4 rings (SSSR count). The molecule has 4 aliphatic rings. The second-order valence-corrected chi connectivity index (χ2v) is 5.86. The zero-order valence-electron chi connectivity index (χ0n) is 9.12. The predicted octanol–water partition coefficient (Wildman–Crippen LogP) is 3.58. The van der Waals surface area contributed by atoms with Crippen molar-refractivity contribution in [3.05, 3.63) is 11.8 Å². The number of hydrogen-bond acceptors (Lipinski definition) is 1. The summed E-state index contributed by atoms with van der Waals surface area (Å²) in [5.41, 5.74) is 1.62. The van der Waals surface area contributed by atoms with Crippen LogP contribution < -0.4 is 0 Å². The molecule has 84 valence electrons. The molecule has 1 nitrogen and oxygen atoms in total. The Bertz CT molecular complexity index is 242. The Kier molecular flexibility index (Phi) is 2.68. The average molecular weight is 227 g/mol. The molecule has 0 aromatic rings. The Labute approximate surface area is 96.8 Å². The van der Waals surface area contributed by atoms with Crippen LogP contribution in [-0.2, 0) is 4.74 Å². The first-order valence-electron chi connectivity index (χ1n) is 6.24. The van der Waals surface area contributed by atoms with E-state index in [1.165, 1.54) is 32.1 Å². The Morgan fingerprint density at radius 3 is 2.20 bits per heavy atom. The van der Waals surface area contributed by atoms with Gasteiger partial charge in [0, 0.05) is 0 Å². The summed E-state index contributed by atoms with van der Waals surface area (Å²) in [6.45, 7) is 0.664. The largest absolute Gasteiger partial charge is 0.500 e. The molecule has 0 spiro atoms. The molecule has 0 radical (unpaired) electrons. The highest BCUT2D eigenvalue weighted by Crippen LogP contribution is 2.56. The van der Waals surface area contributed by atoms with Crippen molar-refractivity contribution in [3.63, 3.8) is 0 Å². The highest BCUT2D eigenvalue weighted by atomic mass is 35.5. The third-order valence-electron chi connectivity index (χ3n) is 4.50. The van der Waals surface area contributed by atoms with Crippen molar-refractivity contribution in [3.8, 4) is 0 Å². The van der Waals surface area contributed by atoms with Crippen LogP contribution >= 0.6 is 11.6 Å². The van der Waals surface area contributed by atoms with Gasteiger partial charge < -0.3 is 4.74 Å². The molecule has 2 heteroatoms. The van der Waals surface area contributed by atoms with E-state index in [4.69, 9.17) is 16.3 Å². The fourth-order valence-corrected chi connectivity index (χ4v) is 4.21. The van der Waals surface area contributed by atoms with E-state index in [9.17, 15) is 0 Å². The lowest BCUT2D eigenvalue weighted by Crippen LogP contribution is -2.40. The van der Waals surface area contributed by atoms with Gasteiger partial charge in [0.2, 0.25) is 0 Å². The monoisotopic (exact) mass is 226 g/mol. The Hall–Kier alpha value is -0.170. The minimum absolute atomic E-state index is 0.602. The first kappa shape index (κ1) is 10.0. The molecule has 0 amide bonds. The molecule has 4 saturated carbocycles. The minimum atomic E-state index is 0.602. The number of ether oxygens (including phenoxy) is 1. The lowest BCUT2D eigenvalue weighted by Gasteiger charge is -2.51. The van der Waals surface area contributed by atoms with Gasteiger partial charge in [-0.25, -0.2) is 0 Å². The maximum atomic E-state index is 5.62. The standard InChI is InChI=1S/C13H19ClO/c14-1-2-15-8-13-11-4-9-3-10(6-11)7-12(13)5-9/h8-12H,1-7H2. The van der Waals surface area contributed by atoms with Gasteiger partial charge in [0.05, 0.1) is 12.1 Å². The summed E-state index contributed by atoms with van der Waals surface area (Å²) < 4.78 is 5.51. The van der Waals surface area contributed by atoms with Gasteiger partial charge in [-0.1, -0.05) is 0 Å². The van der Waals surface area contributed by atoms with Gasteiger partial charge in [0.1, 0.15) is 6.61 Å². The van der Waals surface area contributed by atoms with Crippen molar-refractivity contribution in [2.45, 2.75) is 32.1 Å². The Morgan fingerprint density at radius 1 is 1.07 bits per heavy atom. The van der Waals surface area contributed by atoms with E-state index in [2.05, 4.69) is 6.26 Å². The summed E-state index contributed by atoms with van der Waals surface area (Å²) in [7, 11) is 0. The third-order valence-corrected chi connectivity index (χ3v) is 4.65. The lowest BCUT2D eigenvalue weighted by atomic mass is 9.54. The van der Waals surface area contributed by atoms with Gasteiger partial charge in [-0.05, 0) is 61.3 Å². The van der Waals surface area contributed by atoms with Crippen molar-refractivity contribution < 1.29 is 4.74 Å². The Balaban J connectivity index is 1.72. The molecule has 15 heavy (non-hydrogen) atoms. The number of allylic oxidation sites excluding steroid dienone is 1. The van der Waals surface area contributed by atoms with E-state index in [1.54, 1.807) is 5.57 Å². The van der Waals surface area contributed by atoms with Gasteiger partial charge >= 0.3 is 0 Å². The molecule has 4 fully saturated rings. The maximum absolute atomic E-state index is 5.62. The molecular weight excluding hydrogens is 208 g/mol. The molecule has 0 heterocycles. The topological polar surface area (TPSA) is 9.23 Å². The zero-order chi connectivity index (χ0) is 10.3. The second-order valence-electron chi connectivity index (χ2n) is 5.48. The van der Waals surface area contributed by atoms with E-state index in [0.29, 0.717) is 12.5 Å². The summed E-state index contributed by atoms with van der Waals surface area (Å²) in [6.07, 6.45) is 9.30. The van der Waals surface area contributed by atoms with Crippen LogP contribution in [0, 0.1) is 23.7 Å². The molecule has 0 atom stereocenters. The van der Waals surface area contributed by atoms with Gasteiger partial charge in [-0.15, -0.1) is 11.6 Å². The smallest absolute Gasteiger partial charge is 0.101 e. The van der Waals surface area contributed by atoms with Crippen molar-refractivity contribution >= 4 is 11.6 Å². The maximum Gasteiger partial charge on any atom is 0.101 e. The molecule has 0 aromatic heterocycles. The first-order valence-corrected chi connectivity index (χ1v) is 6.77. The lowest BCUT2D eigenvalue weighted by molar-refractivity contribution is 0.0642. The molecule has 4 aliphatic carbocycles. The van der Waals surface area contributed by atoms with Gasteiger partial charge in [0.25, 0.3) is 0 Å². The number of halogens is 1. The molecule has 4 bridgehead atoms. The fourth-order valence-electron chi connectivity index (χ4n) is 4.12. The van der Waals surface area contributed by atoms with Gasteiger partial charge in [-0.3, -0.25) is 0 Å². The molecule has 0 aromatic carbocycles. The van der Waals surface area contributed by atoms with Crippen molar-refractivity contribution in [1.82, 2.24) is 0 Å². The van der Waals surface area contributed by atoms with Crippen LogP contribution in [-0.4, -0.2) is 12.5 Å². The zero-order valence-corrected chi connectivity index (χ0v) is 9.88. The fraction of sp³-hybridized carbons (Fsp3) is 0.846. The van der Waals surface area contributed by atoms with E-state index < -0.39 is 0 Å². The van der Waals surface area contributed by atoms with Crippen molar-refractivity contribution in [2.24, 2.45) is 23.7 Å². The van der Waals surface area contributed by atoms with Crippen LogP contribution in [0.3, 0.4) is 0 Å². The number of hydrogen-bond donors (Lipinski definition) is 0. The molecule has 0 unspecified atom stereocenters. The summed E-state index contributed by atoms with van der Waals surface area (Å²) in [6, 6.07) is 0. The SMILES string of the molecule is ClCCOC=C1C2CC3CC(C2)CC1C3. The second kappa shape index (κ2) is 4.01. The average Bonchev–Trinajstić information content (AvgIpc) is 2.21. The van der Waals surface area contributed by atoms with Crippen LogP contribution in [0.1, 0.15) is 32.1 Å². The predicted molar refractivity (Wildman–Crippen MR) is 61.8 cm³/mol. The highest BCUT2D eigenvalue weighted by Gasteiger charge is 2.45. The summed E-state index contributed by atoms with van der Waals surface area (Å²) in [5.74, 6) is 4.40. The molecule has 0 N–H and O–H groups in total. The Morgan fingerprint density at radius 2 is 1.67 bits per heavy atom. The number of rotatable bonds is 3. The summed E-state index contributed by atoms with van der Waals surface area (Å²) in [5, 5.41) is 0. The quantitative estimate of drug-likeness (QED) is 0.406. The normalized spacial score (nSPS) is 42.1. The van der Waals surface area contributed by atoms with Crippen LogP contribution in [0.4, 0.5) is 0 Å². The van der Waals surface area contributed by atoms with E-state index >= 15 is 0 Å².